The number of nitrogens with one attached hydrogen (secondary N) is 1. The van der Waals surface area contributed by atoms with Gasteiger partial charge in [0, 0.05) is 30.8 Å². The Hall–Kier alpha value is -3.22. The highest BCUT2D eigenvalue weighted by Gasteiger charge is 2.23. The van der Waals surface area contributed by atoms with Crippen LogP contribution in [-0.4, -0.2) is 26.3 Å². The first-order chi connectivity index (χ1) is 17.7. The molecule has 1 saturated carbocycles. The molecule has 1 N–H and O–H groups in total. The van der Waals surface area contributed by atoms with Crippen LogP contribution < -0.4 is 14.8 Å². The van der Waals surface area contributed by atoms with E-state index in [4.69, 9.17) is 14.3 Å². The van der Waals surface area contributed by atoms with Gasteiger partial charge in [-0.05, 0) is 63.3 Å². The number of alkyl halides is 2. The second-order valence-corrected chi connectivity index (χ2v) is 8.87. The highest BCUT2D eigenvalue weighted by Crippen LogP contribution is 2.27. The lowest BCUT2D eigenvalue weighted by atomic mass is 9.94. The zero-order chi connectivity index (χ0) is 28.3. The highest BCUT2D eigenvalue weighted by molar-refractivity contribution is 5.49. The van der Waals surface area contributed by atoms with Crippen LogP contribution in [0.15, 0.2) is 54.6 Å². The Bertz CT molecular complexity index is 905. The molecule has 0 bridgehead atoms. The van der Waals surface area contributed by atoms with Crippen LogP contribution in [0.5, 0.6) is 11.5 Å². The molecule has 0 amide bonds. The van der Waals surface area contributed by atoms with Crippen molar-refractivity contribution in [3.63, 3.8) is 0 Å². The molecule has 0 aliphatic heterocycles. The van der Waals surface area contributed by atoms with Crippen LogP contribution >= 0.6 is 0 Å². The van der Waals surface area contributed by atoms with Gasteiger partial charge in [-0.1, -0.05) is 56.0 Å². The van der Waals surface area contributed by atoms with Gasteiger partial charge in [0.2, 0.25) is 0 Å². The number of halogens is 2. The van der Waals surface area contributed by atoms with E-state index in [-0.39, 0.29) is 5.75 Å². The first kappa shape index (κ1) is 33.8. The topological polar surface area (TPSA) is 64.6 Å². The zero-order valence-corrected chi connectivity index (χ0v) is 22.8. The fraction of sp³-hybridized carbons (Fsp3) is 0.467. The molecule has 5 nitrogen and oxygen atoms in total. The van der Waals surface area contributed by atoms with Gasteiger partial charge in [-0.15, -0.1) is 0 Å². The van der Waals surface area contributed by atoms with Gasteiger partial charge < -0.3 is 24.4 Å². The highest BCUT2D eigenvalue weighted by atomic mass is 19.3. The molecular weight excluding hydrogens is 476 g/mol. The number of carbonyl (C=O) groups is 2. The number of aryl methyl sites for hydroxylation is 1. The van der Waals surface area contributed by atoms with E-state index in [1.165, 1.54) is 50.2 Å². The Morgan fingerprint density at radius 2 is 1.65 bits per heavy atom. The molecule has 3 rings (SSSR count). The largest absolute Gasteiger partial charge is 0.494 e. The van der Waals surface area contributed by atoms with Crippen molar-refractivity contribution in [2.45, 2.75) is 78.9 Å². The second kappa shape index (κ2) is 19.0. The quantitative estimate of drug-likeness (QED) is 0.281. The molecule has 206 valence electrons. The Morgan fingerprint density at radius 3 is 2.19 bits per heavy atom. The van der Waals surface area contributed by atoms with Crippen LogP contribution in [0.2, 0.25) is 0 Å². The molecular formula is C30H43F2NO4. The van der Waals surface area contributed by atoms with Gasteiger partial charge in [0.25, 0.3) is 0 Å². The lowest BCUT2D eigenvalue weighted by Crippen LogP contribution is -2.19. The number of anilines is 1. The average Bonchev–Trinajstić information content (AvgIpc) is 3.16. The average molecular weight is 520 g/mol. The summed E-state index contributed by atoms with van der Waals surface area (Å²) in [6.45, 7) is 16.0. The maximum atomic E-state index is 12.9. The van der Waals surface area contributed by atoms with E-state index in [0.717, 1.165) is 22.8 Å². The van der Waals surface area contributed by atoms with E-state index in [1.807, 2.05) is 45.6 Å². The summed E-state index contributed by atoms with van der Waals surface area (Å²) in [4.78, 5) is 16.0. The van der Waals surface area contributed by atoms with Gasteiger partial charge in [0.1, 0.15) is 25.1 Å². The Kier molecular flexibility index (Phi) is 17.3. The van der Waals surface area contributed by atoms with Gasteiger partial charge in [-0.3, -0.25) is 0 Å². The monoisotopic (exact) mass is 519 g/mol. The lowest BCUT2D eigenvalue weighted by molar-refractivity contribution is -0.158. The lowest BCUT2D eigenvalue weighted by Gasteiger charge is -2.15. The SMILES string of the molecule is C=C(C)C1CCCCCC1.C=O.C=O.CCOc1cc(C)ccc1CNc1cccc(OC(C)(F)F)c1. The van der Waals surface area contributed by atoms with Crippen LogP contribution in [0.3, 0.4) is 0 Å². The van der Waals surface area contributed by atoms with E-state index >= 15 is 0 Å². The van der Waals surface area contributed by atoms with Crippen molar-refractivity contribution in [2.24, 2.45) is 5.92 Å². The fourth-order valence-electron chi connectivity index (χ4n) is 3.94. The summed E-state index contributed by atoms with van der Waals surface area (Å²) in [7, 11) is 0. The van der Waals surface area contributed by atoms with E-state index in [2.05, 4.69) is 23.6 Å². The summed E-state index contributed by atoms with van der Waals surface area (Å²) in [5.74, 6) is 1.80. The molecule has 0 unspecified atom stereocenters. The maximum Gasteiger partial charge on any atom is 0.394 e. The Balaban J connectivity index is 0.000000771. The van der Waals surface area contributed by atoms with Crippen LogP contribution in [-0.2, 0) is 16.1 Å². The van der Waals surface area contributed by atoms with Gasteiger partial charge in [-0.25, -0.2) is 0 Å². The number of allylic oxidation sites excluding steroid dienone is 1. The standard InChI is InChI=1S/C18H21F2NO2.C10H18.2CH2O/c1-4-22-17-10-13(2)8-9-14(17)12-21-15-6-5-7-16(11-15)23-18(3,19)20;1-9(2)10-7-5-3-4-6-8-10;2*1-2/h5-11,21H,4,12H2,1-3H3;10H,1,3-8H2,2H3;2*1H2. The summed E-state index contributed by atoms with van der Waals surface area (Å²) in [5, 5.41) is 3.20. The summed E-state index contributed by atoms with van der Waals surface area (Å²) in [6, 6.07) is 12.5. The van der Waals surface area contributed by atoms with Crippen molar-refractivity contribution < 1.29 is 27.8 Å². The predicted octanol–water partition coefficient (Wildman–Crippen LogP) is 8.16. The number of hydrogen-bond donors (Lipinski definition) is 1. The van der Waals surface area contributed by atoms with Crippen LogP contribution in [0.4, 0.5) is 14.5 Å². The van der Waals surface area contributed by atoms with E-state index in [0.29, 0.717) is 25.8 Å². The van der Waals surface area contributed by atoms with Crippen molar-refractivity contribution in [1.82, 2.24) is 0 Å². The third kappa shape index (κ3) is 14.8. The number of rotatable bonds is 8. The summed E-state index contributed by atoms with van der Waals surface area (Å²) in [5.41, 5.74) is 4.24. The minimum atomic E-state index is -3.20. The molecule has 0 saturated heterocycles. The zero-order valence-electron chi connectivity index (χ0n) is 22.8. The fourth-order valence-corrected chi connectivity index (χ4v) is 3.94. The van der Waals surface area contributed by atoms with Crippen LogP contribution in [0, 0.1) is 12.8 Å². The molecule has 2 aromatic rings. The molecule has 0 aromatic heterocycles. The molecule has 0 radical (unpaired) electrons. The third-order valence-electron chi connectivity index (χ3n) is 5.69. The summed E-state index contributed by atoms with van der Waals surface area (Å²) in [6.07, 6.45) is 5.35. The molecule has 2 aromatic carbocycles. The number of benzene rings is 2. The molecule has 1 fully saturated rings. The van der Waals surface area contributed by atoms with Crippen molar-refractivity contribution >= 4 is 19.3 Å². The molecule has 1 aliphatic rings. The van der Waals surface area contributed by atoms with Crippen molar-refractivity contribution in [2.75, 3.05) is 11.9 Å². The normalized spacial score (nSPS) is 13.1. The third-order valence-corrected chi connectivity index (χ3v) is 5.69. The molecule has 0 spiro atoms. The summed E-state index contributed by atoms with van der Waals surface area (Å²) < 4.78 is 36.0. The number of carbonyl (C=O) groups excluding carboxylic acids is 2. The first-order valence-corrected chi connectivity index (χ1v) is 12.5. The van der Waals surface area contributed by atoms with Crippen molar-refractivity contribution in [3.8, 4) is 11.5 Å². The molecule has 1 aliphatic carbocycles. The maximum absolute atomic E-state index is 12.9. The smallest absolute Gasteiger partial charge is 0.394 e. The molecule has 0 atom stereocenters. The summed E-state index contributed by atoms with van der Waals surface area (Å²) >= 11 is 0. The first-order valence-electron chi connectivity index (χ1n) is 12.5. The van der Waals surface area contributed by atoms with Gasteiger partial charge >= 0.3 is 6.11 Å². The minimum Gasteiger partial charge on any atom is -0.494 e. The Morgan fingerprint density at radius 1 is 1.03 bits per heavy atom. The van der Waals surface area contributed by atoms with E-state index in [9.17, 15) is 8.78 Å². The van der Waals surface area contributed by atoms with Crippen molar-refractivity contribution in [1.29, 1.82) is 0 Å². The molecule has 37 heavy (non-hydrogen) atoms. The van der Waals surface area contributed by atoms with Crippen LogP contribution in [0.1, 0.15) is 70.4 Å². The van der Waals surface area contributed by atoms with Gasteiger partial charge in [0.05, 0.1) is 6.61 Å². The van der Waals surface area contributed by atoms with E-state index in [1.54, 1.807) is 18.2 Å². The number of hydrogen-bond acceptors (Lipinski definition) is 5. The second-order valence-electron chi connectivity index (χ2n) is 8.87. The van der Waals surface area contributed by atoms with Gasteiger partial charge in [-0.2, -0.15) is 8.78 Å². The predicted molar refractivity (Wildman–Crippen MR) is 148 cm³/mol. The van der Waals surface area contributed by atoms with Gasteiger partial charge in [0.15, 0.2) is 0 Å². The van der Waals surface area contributed by atoms with Crippen LogP contribution in [0.25, 0.3) is 0 Å². The van der Waals surface area contributed by atoms with Crippen molar-refractivity contribution in [3.05, 3.63) is 65.7 Å². The van der Waals surface area contributed by atoms with E-state index < -0.39 is 6.11 Å². The number of ether oxygens (including phenoxy) is 2. The minimum absolute atomic E-state index is 0.122. The Labute approximate surface area is 221 Å². The molecule has 0 heterocycles. The molecule has 7 heteroatoms.